The average Bonchev–Trinajstić information content (AvgIpc) is 2.82. The summed E-state index contributed by atoms with van der Waals surface area (Å²) >= 11 is 6.55. The van der Waals surface area contributed by atoms with Crippen LogP contribution in [0.25, 0.3) is 6.08 Å². The van der Waals surface area contributed by atoms with Crippen LogP contribution in [-0.2, 0) is 4.79 Å². The van der Waals surface area contributed by atoms with Crippen LogP contribution >= 0.6 is 24.0 Å². The van der Waals surface area contributed by atoms with Crippen molar-refractivity contribution in [3.63, 3.8) is 0 Å². The number of hydrogen-bond donors (Lipinski definition) is 0. The van der Waals surface area contributed by atoms with Gasteiger partial charge in [0.15, 0.2) is 10.1 Å². The van der Waals surface area contributed by atoms with Gasteiger partial charge in [-0.3, -0.25) is 19.5 Å². The van der Waals surface area contributed by atoms with E-state index in [1.54, 1.807) is 36.5 Å². The molecule has 2 aromatic rings. The van der Waals surface area contributed by atoms with Gasteiger partial charge >= 0.3 is 0 Å². The van der Waals surface area contributed by atoms with Crippen molar-refractivity contribution in [1.82, 2.24) is 4.98 Å². The summed E-state index contributed by atoms with van der Waals surface area (Å²) in [6.45, 7) is 1.49. The van der Waals surface area contributed by atoms with Crippen LogP contribution in [-0.4, -0.2) is 21.0 Å². The zero-order chi connectivity index (χ0) is 16.4. The van der Waals surface area contributed by atoms with Crippen LogP contribution in [0.3, 0.4) is 0 Å². The molecule has 114 valence electrons. The van der Waals surface area contributed by atoms with Crippen molar-refractivity contribution in [3.8, 4) is 0 Å². The number of rotatable bonds is 3. The molecule has 0 aliphatic carbocycles. The number of hydrogen-bond acceptors (Lipinski definition) is 5. The lowest BCUT2D eigenvalue weighted by molar-refractivity contribution is -0.113. The molecule has 0 N–H and O–H groups in total. The van der Waals surface area contributed by atoms with E-state index in [1.165, 1.54) is 23.6 Å². The number of ketones is 1. The largest absolute Gasteiger partial charge is 0.295 e. The van der Waals surface area contributed by atoms with Gasteiger partial charge in [-0.2, -0.15) is 0 Å². The van der Waals surface area contributed by atoms with Gasteiger partial charge in [-0.15, -0.1) is 0 Å². The number of amides is 1. The summed E-state index contributed by atoms with van der Waals surface area (Å²) in [6.07, 6.45) is 3.39. The molecular formula is C17H12N2O2S2. The van der Waals surface area contributed by atoms with Crippen LogP contribution < -0.4 is 4.90 Å². The Morgan fingerprint density at radius 3 is 2.78 bits per heavy atom. The summed E-state index contributed by atoms with van der Waals surface area (Å²) < 4.78 is 0.442. The van der Waals surface area contributed by atoms with Crippen LogP contribution in [0, 0.1) is 0 Å². The molecule has 4 nitrogen and oxygen atoms in total. The normalized spacial score (nSPS) is 16.2. The van der Waals surface area contributed by atoms with Crippen LogP contribution in [0.4, 0.5) is 5.69 Å². The molecule has 0 spiro atoms. The Kier molecular flexibility index (Phi) is 4.36. The number of pyridine rings is 1. The van der Waals surface area contributed by atoms with Crippen LogP contribution in [0.1, 0.15) is 23.0 Å². The molecule has 3 rings (SSSR count). The van der Waals surface area contributed by atoms with Crippen molar-refractivity contribution in [3.05, 3.63) is 64.8 Å². The van der Waals surface area contributed by atoms with Gasteiger partial charge < -0.3 is 0 Å². The molecule has 1 aromatic carbocycles. The van der Waals surface area contributed by atoms with Crippen molar-refractivity contribution >= 4 is 51.8 Å². The second-order valence-corrected chi connectivity index (χ2v) is 6.55. The minimum atomic E-state index is -0.202. The summed E-state index contributed by atoms with van der Waals surface area (Å²) in [5.41, 5.74) is 1.85. The average molecular weight is 340 g/mol. The molecule has 0 radical (unpaired) electrons. The molecule has 1 aliphatic heterocycles. The molecule has 0 unspecified atom stereocenters. The van der Waals surface area contributed by atoms with Gasteiger partial charge in [0.25, 0.3) is 5.91 Å². The van der Waals surface area contributed by atoms with Crippen molar-refractivity contribution in [2.24, 2.45) is 0 Å². The minimum Gasteiger partial charge on any atom is -0.295 e. The van der Waals surface area contributed by atoms with Gasteiger partial charge in [-0.05, 0) is 37.3 Å². The van der Waals surface area contributed by atoms with Crippen molar-refractivity contribution in [2.45, 2.75) is 6.92 Å². The number of nitrogens with zero attached hydrogens (tertiary/aromatic N) is 2. The molecule has 23 heavy (non-hydrogen) atoms. The first kappa shape index (κ1) is 15.6. The van der Waals surface area contributed by atoms with E-state index in [0.717, 1.165) is 0 Å². The smallest absolute Gasteiger partial charge is 0.270 e. The second-order valence-electron chi connectivity index (χ2n) is 4.88. The fourth-order valence-corrected chi connectivity index (χ4v) is 3.43. The molecule has 2 heterocycles. The fourth-order valence-electron chi connectivity index (χ4n) is 2.15. The van der Waals surface area contributed by atoms with E-state index in [-0.39, 0.29) is 11.7 Å². The number of thiocarbonyl (C=S) groups is 1. The molecule has 0 atom stereocenters. The van der Waals surface area contributed by atoms with E-state index in [2.05, 4.69) is 4.98 Å². The highest BCUT2D eigenvalue weighted by Gasteiger charge is 2.33. The Morgan fingerprint density at radius 2 is 2.09 bits per heavy atom. The molecule has 1 amide bonds. The third-order valence-corrected chi connectivity index (χ3v) is 4.57. The molecule has 1 aromatic heterocycles. The van der Waals surface area contributed by atoms with Gasteiger partial charge in [0.2, 0.25) is 0 Å². The summed E-state index contributed by atoms with van der Waals surface area (Å²) in [7, 11) is 0. The van der Waals surface area contributed by atoms with Gasteiger partial charge in [0.1, 0.15) is 0 Å². The van der Waals surface area contributed by atoms with E-state index in [9.17, 15) is 9.59 Å². The molecule has 6 heteroatoms. The van der Waals surface area contributed by atoms with Crippen molar-refractivity contribution in [1.29, 1.82) is 0 Å². The number of carbonyl (C=O) groups excluding carboxylic acids is 2. The van der Waals surface area contributed by atoms with E-state index >= 15 is 0 Å². The zero-order valence-electron chi connectivity index (χ0n) is 12.2. The number of aromatic nitrogens is 1. The molecule has 0 bridgehead atoms. The van der Waals surface area contributed by atoms with E-state index in [0.29, 0.717) is 26.2 Å². The molecular weight excluding hydrogens is 328 g/mol. The number of benzene rings is 1. The highest BCUT2D eigenvalue weighted by molar-refractivity contribution is 8.27. The van der Waals surface area contributed by atoms with Crippen molar-refractivity contribution in [2.75, 3.05) is 4.90 Å². The first-order valence-corrected chi connectivity index (χ1v) is 8.09. The SMILES string of the molecule is CC(=O)c1cccc(N2C(=O)/C(=C/c3ccccn3)SC2=S)c1. The fraction of sp³-hybridized carbons (Fsp3) is 0.0588. The van der Waals surface area contributed by atoms with Gasteiger partial charge in [0, 0.05) is 11.8 Å². The van der Waals surface area contributed by atoms with Gasteiger partial charge in [-0.1, -0.05) is 42.2 Å². The first-order valence-electron chi connectivity index (χ1n) is 6.86. The summed E-state index contributed by atoms with van der Waals surface area (Å²) in [5, 5.41) is 0. The van der Waals surface area contributed by atoms with E-state index in [4.69, 9.17) is 12.2 Å². The Labute approximate surface area is 143 Å². The number of thioether (sulfide) groups is 1. The number of anilines is 1. The molecule has 1 saturated heterocycles. The summed E-state index contributed by atoms with van der Waals surface area (Å²) in [4.78, 5) is 30.3. The lowest BCUT2D eigenvalue weighted by Crippen LogP contribution is -2.27. The summed E-state index contributed by atoms with van der Waals surface area (Å²) in [5.74, 6) is -0.257. The predicted molar refractivity (Wildman–Crippen MR) is 96.3 cm³/mol. The molecule has 1 aliphatic rings. The summed E-state index contributed by atoms with van der Waals surface area (Å²) in [6, 6.07) is 12.4. The first-order chi connectivity index (χ1) is 11.1. The van der Waals surface area contributed by atoms with E-state index in [1.807, 2.05) is 18.2 Å². The minimum absolute atomic E-state index is 0.0543. The molecule has 1 fully saturated rings. The predicted octanol–water partition coefficient (Wildman–Crippen LogP) is 3.69. The van der Waals surface area contributed by atoms with Crippen LogP contribution in [0.5, 0.6) is 0 Å². The van der Waals surface area contributed by atoms with Gasteiger partial charge in [0.05, 0.1) is 16.3 Å². The number of carbonyl (C=O) groups is 2. The maximum absolute atomic E-state index is 12.6. The maximum atomic E-state index is 12.6. The lowest BCUT2D eigenvalue weighted by atomic mass is 10.1. The third-order valence-electron chi connectivity index (χ3n) is 3.27. The monoisotopic (exact) mass is 340 g/mol. The van der Waals surface area contributed by atoms with Crippen LogP contribution in [0.2, 0.25) is 0 Å². The molecule has 0 saturated carbocycles. The Morgan fingerprint density at radius 1 is 1.26 bits per heavy atom. The van der Waals surface area contributed by atoms with E-state index < -0.39 is 0 Å². The van der Waals surface area contributed by atoms with Crippen molar-refractivity contribution < 1.29 is 9.59 Å². The zero-order valence-corrected chi connectivity index (χ0v) is 13.9. The quantitative estimate of drug-likeness (QED) is 0.484. The topological polar surface area (TPSA) is 50.3 Å². The highest BCUT2D eigenvalue weighted by Crippen LogP contribution is 2.36. The Hall–Kier alpha value is -2.31. The maximum Gasteiger partial charge on any atom is 0.270 e. The van der Waals surface area contributed by atoms with Gasteiger partial charge in [-0.25, -0.2) is 0 Å². The highest BCUT2D eigenvalue weighted by atomic mass is 32.2. The lowest BCUT2D eigenvalue weighted by Gasteiger charge is -2.15. The van der Waals surface area contributed by atoms with Crippen LogP contribution in [0.15, 0.2) is 53.6 Å². The standard InChI is InChI=1S/C17H12N2O2S2/c1-11(20)12-5-4-7-14(9-12)19-16(21)15(23-17(19)22)10-13-6-2-3-8-18-13/h2-10H,1H3/b15-10-. The Bertz CT molecular complexity index is 831. The Balaban J connectivity index is 1.95. The second kappa shape index (κ2) is 6.44. The third kappa shape index (κ3) is 3.23. The number of Topliss-reactive ketones (excluding diaryl/α,β-unsaturated/α-hetero) is 1.